The molecule has 0 bridgehead atoms. The quantitative estimate of drug-likeness (QED) is 0.879. The summed E-state index contributed by atoms with van der Waals surface area (Å²) in [5.74, 6) is 0. The molecule has 1 N–H and O–H groups in total. The van der Waals surface area contributed by atoms with E-state index in [0.29, 0.717) is 18.9 Å². The lowest BCUT2D eigenvalue weighted by molar-refractivity contribution is 0.135. The van der Waals surface area contributed by atoms with Crippen molar-refractivity contribution >= 4 is 16.7 Å². The molecule has 1 aromatic heterocycles. The highest BCUT2D eigenvalue weighted by atomic mass is 16.5. The molecule has 0 saturated heterocycles. The molecule has 17 heavy (non-hydrogen) atoms. The molecular weight excluding hydrogens is 216 g/mol. The molecule has 1 aromatic carbocycles. The smallest absolute Gasteiger partial charge is 0.330 e. The van der Waals surface area contributed by atoms with Gasteiger partial charge in [-0.05, 0) is 19.9 Å². The van der Waals surface area contributed by atoms with E-state index in [1.54, 1.807) is 4.57 Å². The Morgan fingerprint density at radius 2 is 2.29 bits per heavy atom. The van der Waals surface area contributed by atoms with Crippen molar-refractivity contribution in [1.82, 2.24) is 9.55 Å². The summed E-state index contributed by atoms with van der Waals surface area (Å²) in [5.41, 5.74) is 3.21. The minimum Gasteiger partial charge on any atom is -0.377 e. The number of allylic oxidation sites excluding steroid dienone is 1. The number of nitrogens with zero attached hydrogens (tertiary/aromatic N) is 1. The molecule has 2 aromatic rings. The Balaban J connectivity index is 2.63. The lowest BCUT2D eigenvalue weighted by Gasteiger charge is -2.04. The van der Waals surface area contributed by atoms with Crippen LogP contribution in [0.25, 0.3) is 16.7 Å². The molecule has 0 aliphatic heterocycles. The summed E-state index contributed by atoms with van der Waals surface area (Å²) in [6.45, 7) is 8.73. The van der Waals surface area contributed by atoms with Gasteiger partial charge in [-0.1, -0.05) is 18.7 Å². The van der Waals surface area contributed by atoms with Crippen LogP contribution in [0.5, 0.6) is 0 Å². The van der Waals surface area contributed by atoms with Crippen molar-refractivity contribution in [3.63, 3.8) is 0 Å². The van der Waals surface area contributed by atoms with E-state index in [9.17, 15) is 4.79 Å². The van der Waals surface area contributed by atoms with Crippen molar-refractivity contribution < 1.29 is 4.74 Å². The predicted octanol–water partition coefficient (Wildman–Crippen LogP) is 2.36. The first kappa shape index (κ1) is 11.7. The van der Waals surface area contributed by atoms with E-state index in [4.69, 9.17) is 4.74 Å². The Kier molecular flexibility index (Phi) is 3.15. The number of para-hydroxylation sites is 1. The van der Waals surface area contributed by atoms with Crippen molar-refractivity contribution in [2.75, 3.05) is 6.61 Å². The van der Waals surface area contributed by atoms with Crippen LogP contribution >= 0.6 is 0 Å². The average Bonchev–Trinajstić information content (AvgIpc) is 2.62. The highest BCUT2D eigenvalue weighted by molar-refractivity contribution is 5.81. The average molecular weight is 232 g/mol. The van der Waals surface area contributed by atoms with Crippen LogP contribution < -0.4 is 5.69 Å². The first-order valence-corrected chi connectivity index (χ1v) is 5.61. The van der Waals surface area contributed by atoms with Gasteiger partial charge < -0.3 is 9.72 Å². The van der Waals surface area contributed by atoms with Crippen LogP contribution in [0.4, 0.5) is 0 Å². The van der Waals surface area contributed by atoms with Gasteiger partial charge in [0.05, 0.1) is 17.6 Å². The number of ether oxygens (including phenoxy) is 1. The number of aromatic nitrogens is 2. The number of H-pyrrole nitrogens is 1. The molecule has 2 rings (SSSR count). The van der Waals surface area contributed by atoms with Gasteiger partial charge in [0.1, 0.15) is 0 Å². The van der Waals surface area contributed by atoms with Crippen LogP contribution in [-0.2, 0) is 11.3 Å². The Hall–Kier alpha value is -1.81. The van der Waals surface area contributed by atoms with Crippen LogP contribution in [0.2, 0.25) is 0 Å². The standard InChI is InChI=1S/C13H16N2O2/c1-4-17-8-10-6-5-7-11-12(10)14-13(16)15(11)9(2)3/h5-7H,2,4,8H2,1,3H3,(H,14,16). The second-order valence-electron chi connectivity index (χ2n) is 3.95. The van der Waals surface area contributed by atoms with Crippen molar-refractivity contribution in [1.29, 1.82) is 0 Å². The van der Waals surface area contributed by atoms with E-state index in [-0.39, 0.29) is 5.69 Å². The van der Waals surface area contributed by atoms with Crippen molar-refractivity contribution in [2.45, 2.75) is 20.5 Å². The Bertz CT molecular complexity index is 607. The molecule has 4 heteroatoms. The minimum absolute atomic E-state index is 0.156. The minimum atomic E-state index is -0.156. The molecule has 0 aliphatic carbocycles. The fourth-order valence-corrected chi connectivity index (χ4v) is 1.90. The van der Waals surface area contributed by atoms with E-state index in [1.807, 2.05) is 32.0 Å². The Morgan fingerprint density at radius 1 is 1.53 bits per heavy atom. The van der Waals surface area contributed by atoms with Crippen LogP contribution in [0.15, 0.2) is 29.6 Å². The lowest BCUT2D eigenvalue weighted by atomic mass is 10.2. The number of hydrogen-bond donors (Lipinski definition) is 1. The zero-order valence-electron chi connectivity index (χ0n) is 10.1. The van der Waals surface area contributed by atoms with E-state index < -0.39 is 0 Å². The summed E-state index contributed by atoms with van der Waals surface area (Å²) in [6.07, 6.45) is 0. The van der Waals surface area contributed by atoms with Crippen LogP contribution in [0.3, 0.4) is 0 Å². The molecule has 0 saturated carbocycles. The molecule has 0 unspecified atom stereocenters. The zero-order valence-corrected chi connectivity index (χ0v) is 10.1. The van der Waals surface area contributed by atoms with E-state index in [2.05, 4.69) is 11.6 Å². The first-order chi connectivity index (χ1) is 8.15. The van der Waals surface area contributed by atoms with Gasteiger partial charge in [-0.2, -0.15) is 0 Å². The zero-order chi connectivity index (χ0) is 12.4. The maximum Gasteiger partial charge on any atom is 0.330 e. The number of fused-ring (bicyclic) bond motifs is 1. The fourth-order valence-electron chi connectivity index (χ4n) is 1.90. The summed E-state index contributed by atoms with van der Waals surface area (Å²) < 4.78 is 6.96. The number of rotatable bonds is 4. The van der Waals surface area contributed by atoms with Gasteiger partial charge in [-0.3, -0.25) is 4.57 Å². The van der Waals surface area contributed by atoms with E-state index in [0.717, 1.165) is 16.6 Å². The highest BCUT2D eigenvalue weighted by Gasteiger charge is 2.10. The van der Waals surface area contributed by atoms with E-state index >= 15 is 0 Å². The molecule has 0 radical (unpaired) electrons. The molecule has 1 heterocycles. The second kappa shape index (κ2) is 4.59. The summed E-state index contributed by atoms with van der Waals surface area (Å²) in [5, 5.41) is 0. The first-order valence-electron chi connectivity index (χ1n) is 5.61. The Labute approximate surface area is 99.5 Å². The van der Waals surface area contributed by atoms with Crippen LogP contribution in [0.1, 0.15) is 19.4 Å². The number of aromatic amines is 1. The van der Waals surface area contributed by atoms with Gasteiger partial charge in [0.15, 0.2) is 0 Å². The molecule has 0 atom stereocenters. The van der Waals surface area contributed by atoms with Gasteiger partial charge in [0.2, 0.25) is 0 Å². The van der Waals surface area contributed by atoms with Gasteiger partial charge >= 0.3 is 5.69 Å². The third-order valence-electron chi connectivity index (χ3n) is 2.65. The van der Waals surface area contributed by atoms with Crippen LogP contribution in [0, 0.1) is 0 Å². The molecule has 90 valence electrons. The number of benzene rings is 1. The maximum absolute atomic E-state index is 11.8. The monoisotopic (exact) mass is 232 g/mol. The summed E-state index contributed by atoms with van der Waals surface area (Å²) >= 11 is 0. The molecule has 4 nitrogen and oxygen atoms in total. The van der Waals surface area contributed by atoms with Gasteiger partial charge in [-0.25, -0.2) is 4.79 Å². The summed E-state index contributed by atoms with van der Waals surface area (Å²) in [7, 11) is 0. The predicted molar refractivity (Wildman–Crippen MR) is 68.9 cm³/mol. The summed E-state index contributed by atoms with van der Waals surface area (Å²) in [6, 6.07) is 5.78. The maximum atomic E-state index is 11.8. The molecular formula is C13H16N2O2. The Morgan fingerprint density at radius 3 is 2.94 bits per heavy atom. The van der Waals surface area contributed by atoms with Gasteiger partial charge in [-0.15, -0.1) is 0 Å². The second-order valence-corrected chi connectivity index (χ2v) is 3.95. The molecule has 0 spiro atoms. The van der Waals surface area contributed by atoms with Crippen LogP contribution in [-0.4, -0.2) is 16.2 Å². The molecule has 0 fully saturated rings. The third-order valence-corrected chi connectivity index (χ3v) is 2.65. The number of imidazole rings is 1. The lowest BCUT2D eigenvalue weighted by Crippen LogP contribution is -2.13. The highest BCUT2D eigenvalue weighted by Crippen LogP contribution is 2.18. The summed E-state index contributed by atoms with van der Waals surface area (Å²) in [4.78, 5) is 14.7. The molecule has 0 aliphatic rings. The fraction of sp³-hybridized carbons (Fsp3) is 0.308. The van der Waals surface area contributed by atoms with Crippen molar-refractivity contribution in [3.8, 4) is 0 Å². The molecule has 0 amide bonds. The van der Waals surface area contributed by atoms with Crippen molar-refractivity contribution in [2.24, 2.45) is 0 Å². The normalized spacial score (nSPS) is 10.9. The third kappa shape index (κ3) is 2.03. The number of nitrogens with one attached hydrogen (secondary N) is 1. The topological polar surface area (TPSA) is 47.0 Å². The SMILES string of the molecule is C=C(C)n1c(=O)[nH]c2c(COCC)cccc21. The van der Waals surface area contributed by atoms with Crippen molar-refractivity contribution in [3.05, 3.63) is 40.8 Å². The van der Waals surface area contributed by atoms with Gasteiger partial charge in [0, 0.05) is 17.9 Å². The van der Waals surface area contributed by atoms with E-state index in [1.165, 1.54) is 0 Å². The van der Waals surface area contributed by atoms with Gasteiger partial charge in [0.25, 0.3) is 0 Å². The largest absolute Gasteiger partial charge is 0.377 e. The number of hydrogen-bond acceptors (Lipinski definition) is 2.